The number of halogens is 3. The number of benzene rings is 2. The fourth-order valence-corrected chi connectivity index (χ4v) is 5.65. The molecule has 0 unspecified atom stereocenters. The number of ether oxygens (including phenoxy) is 2. The Kier molecular flexibility index (Phi) is 9.10. The van der Waals surface area contributed by atoms with Gasteiger partial charge in [-0.2, -0.15) is 5.10 Å². The van der Waals surface area contributed by atoms with Crippen molar-refractivity contribution >= 4 is 45.7 Å². The van der Waals surface area contributed by atoms with Crippen molar-refractivity contribution in [2.45, 2.75) is 31.9 Å². The van der Waals surface area contributed by atoms with Crippen LogP contribution in [0, 0.1) is 0 Å². The van der Waals surface area contributed by atoms with Crippen LogP contribution in [0.15, 0.2) is 48.5 Å². The number of pyridine rings is 1. The number of nitrogens with one attached hydrogen (secondary N) is 3. The number of likely N-dealkylation sites (N-methyl/N-ethyl adjacent to an activating group) is 1. The molecule has 0 atom stereocenters. The molecular weight excluding hydrogens is 592 g/mol. The second-order valence-corrected chi connectivity index (χ2v) is 11.5. The lowest BCUT2D eigenvalue weighted by Crippen LogP contribution is -2.44. The van der Waals surface area contributed by atoms with Gasteiger partial charge in [-0.25, -0.2) is 13.8 Å². The quantitative estimate of drug-likeness (QED) is 0.217. The molecular formula is C31H34ClF2N7O3. The molecule has 232 valence electrons. The van der Waals surface area contributed by atoms with Crippen LogP contribution in [-0.2, 0) is 11.3 Å². The summed E-state index contributed by atoms with van der Waals surface area (Å²) in [6.07, 6.45) is -0.965. The smallest absolute Gasteiger partial charge is 0.264 e. The summed E-state index contributed by atoms with van der Waals surface area (Å²) in [7, 11) is 2.12. The standard InChI is InChI=1S/C31H34ClF2N7O3/c1-40-10-12-41(13-11-40)22-3-5-24(26(17-22)35-21-8-14-43-15-9-21)31(42)37-30-28-25(38-39-30)6-7-27(36-28)44-18-19-16-20(32)2-4-23(19)29(33)34/h2-7,16-17,21,29,35H,8-15,18H2,1H3,(H2,37,38,39,42). The van der Waals surface area contributed by atoms with Crippen molar-refractivity contribution < 1.29 is 23.0 Å². The molecule has 6 rings (SSSR count). The summed E-state index contributed by atoms with van der Waals surface area (Å²) in [5, 5.41) is 14.0. The van der Waals surface area contributed by atoms with Gasteiger partial charge in [0, 0.05) is 73.5 Å². The van der Waals surface area contributed by atoms with Crippen molar-refractivity contribution in [3.05, 3.63) is 70.2 Å². The van der Waals surface area contributed by atoms with Gasteiger partial charge in [0.2, 0.25) is 5.88 Å². The summed E-state index contributed by atoms with van der Waals surface area (Å²) in [5.41, 5.74) is 3.36. The lowest BCUT2D eigenvalue weighted by molar-refractivity contribution is 0.0904. The number of amides is 1. The molecule has 4 heterocycles. The zero-order valence-corrected chi connectivity index (χ0v) is 25.0. The van der Waals surface area contributed by atoms with Crippen molar-refractivity contribution in [1.82, 2.24) is 20.1 Å². The van der Waals surface area contributed by atoms with Crippen LogP contribution in [0.5, 0.6) is 5.88 Å². The lowest BCUT2D eigenvalue weighted by Gasteiger charge is -2.34. The molecule has 44 heavy (non-hydrogen) atoms. The van der Waals surface area contributed by atoms with E-state index >= 15 is 0 Å². The Labute approximate surface area is 258 Å². The van der Waals surface area contributed by atoms with Crippen LogP contribution in [0.4, 0.5) is 26.0 Å². The second-order valence-electron chi connectivity index (χ2n) is 11.1. The van der Waals surface area contributed by atoms with E-state index in [-0.39, 0.29) is 41.4 Å². The topological polar surface area (TPSA) is 108 Å². The van der Waals surface area contributed by atoms with Crippen LogP contribution in [0.2, 0.25) is 5.02 Å². The van der Waals surface area contributed by atoms with Gasteiger partial charge in [0.1, 0.15) is 12.1 Å². The van der Waals surface area contributed by atoms with E-state index in [0.29, 0.717) is 34.8 Å². The number of rotatable bonds is 9. The van der Waals surface area contributed by atoms with Gasteiger partial charge in [-0.3, -0.25) is 9.89 Å². The van der Waals surface area contributed by atoms with Gasteiger partial charge in [0.05, 0.1) is 11.1 Å². The van der Waals surface area contributed by atoms with Crippen molar-refractivity contribution in [3.8, 4) is 5.88 Å². The van der Waals surface area contributed by atoms with E-state index in [1.807, 2.05) is 18.2 Å². The number of carbonyl (C=O) groups is 1. The second kappa shape index (κ2) is 13.3. The molecule has 2 aliphatic rings. The van der Waals surface area contributed by atoms with E-state index in [0.717, 1.165) is 50.4 Å². The number of hydrogen-bond donors (Lipinski definition) is 3. The number of nitrogens with zero attached hydrogens (tertiary/aromatic N) is 4. The minimum atomic E-state index is -2.67. The molecule has 0 spiro atoms. The minimum absolute atomic E-state index is 0.154. The Bertz CT molecular complexity index is 1620. The average molecular weight is 626 g/mol. The maximum absolute atomic E-state index is 13.7. The number of carbonyl (C=O) groups excluding carboxylic acids is 1. The molecule has 13 heteroatoms. The third-order valence-electron chi connectivity index (χ3n) is 8.03. The van der Waals surface area contributed by atoms with Crippen LogP contribution in [0.25, 0.3) is 11.0 Å². The number of aromatic amines is 1. The van der Waals surface area contributed by atoms with Crippen molar-refractivity contribution in [3.63, 3.8) is 0 Å². The molecule has 3 N–H and O–H groups in total. The van der Waals surface area contributed by atoms with E-state index in [4.69, 9.17) is 21.1 Å². The molecule has 4 aromatic rings. The summed E-state index contributed by atoms with van der Waals surface area (Å²) in [6.45, 7) is 4.97. The normalized spacial score (nSPS) is 16.4. The van der Waals surface area contributed by atoms with E-state index in [1.165, 1.54) is 18.2 Å². The summed E-state index contributed by atoms with van der Waals surface area (Å²) < 4.78 is 38.2. The maximum Gasteiger partial charge on any atom is 0.264 e. The van der Waals surface area contributed by atoms with Gasteiger partial charge < -0.3 is 29.9 Å². The van der Waals surface area contributed by atoms with Gasteiger partial charge in [-0.15, -0.1) is 0 Å². The van der Waals surface area contributed by atoms with Crippen LogP contribution < -0.4 is 20.3 Å². The number of hydrogen-bond acceptors (Lipinski definition) is 8. The van der Waals surface area contributed by atoms with E-state index in [2.05, 4.69) is 42.7 Å². The van der Waals surface area contributed by atoms with Gasteiger partial charge in [-0.05, 0) is 61.9 Å². The average Bonchev–Trinajstić information content (AvgIpc) is 3.42. The molecule has 2 saturated heterocycles. The Morgan fingerprint density at radius 3 is 2.68 bits per heavy atom. The molecule has 0 bridgehead atoms. The molecule has 2 aromatic heterocycles. The Morgan fingerprint density at radius 2 is 1.91 bits per heavy atom. The van der Waals surface area contributed by atoms with Crippen molar-refractivity contribution in [2.24, 2.45) is 0 Å². The van der Waals surface area contributed by atoms with Crippen LogP contribution in [-0.4, -0.2) is 78.5 Å². The van der Waals surface area contributed by atoms with Crippen LogP contribution in [0.3, 0.4) is 0 Å². The fraction of sp³-hybridized carbons (Fsp3) is 0.387. The summed E-state index contributed by atoms with van der Waals surface area (Å²) in [5.74, 6) is 0.0751. The first-order valence-corrected chi connectivity index (χ1v) is 15.0. The monoisotopic (exact) mass is 625 g/mol. The van der Waals surface area contributed by atoms with Gasteiger partial charge in [0.25, 0.3) is 12.3 Å². The highest BCUT2D eigenvalue weighted by Crippen LogP contribution is 2.30. The number of anilines is 3. The molecule has 1 amide bonds. The highest BCUT2D eigenvalue weighted by molar-refractivity contribution is 6.30. The first-order valence-electron chi connectivity index (χ1n) is 14.6. The Morgan fingerprint density at radius 1 is 1.11 bits per heavy atom. The molecule has 2 aromatic carbocycles. The molecule has 10 nitrogen and oxygen atoms in total. The van der Waals surface area contributed by atoms with Crippen LogP contribution in [0.1, 0.15) is 40.8 Å². The summed E-state index contributed by atoms with van der Waals surface area (Å²) in [6, 6.07) is 13.5. The highest BCUT2D eigenvalue weighted by atomic mass is 35.5. The molecule has 2 aliphatic heterocycles. The highest BCUT2D eigenvalue weighted by Gasteiger charge is 2.22. The number of alkyl halides is 2. The third kappa shape index (κ3) is 6.87. The van der Waals surface area contributed by atoms with Gasteiger partial charge >= 0.3 is 0 Å². The first kappa shape index (κ1) is 30.0. The predicted molar refractivity (Wildman–Crippen MR) is 166 cm³/mol. The number of aromatic nitrogens is 3. The number of piperazine rings is 1. The summed E-state index contributed by atoms with van der Waals surface area (Å²) in [4.78, 5) is 22.8. The fourth-order valence-electron chi connectivity index (χ4n) is 5.46. The zero-order chi connectivity index (χ0) is 30.6. The SMILES string of the molecule is CN1CCN(c2ccc(C(=O)Nc3n[nH]c4ccc(OCc5cc(Cl)ccc5C(F)F)nc34)c(NC3CCOCC3)c2)CC1. The predicted octanol–water partition coefficient (Wildman–Crippen LogP) is 5.72. The zero-order valence-electron chi connectivity index (χ0n) is 24.3. The van der Waals surface area contributed by atoms with Gasteiger partial charge in [0.15, 0.2) is 5.82 Å². The van der Waals surface area contributed by atoms with E-state index in [9.17, 15) is 13.6 Å². The largest absolute Gasteiger partial charge is 0.473 e. The van der Waals surface area contributed by atoms with Crippen LogP contribution >= 0.6 is 11.6 Å². The number of H-pyrrole nitrogens is 1. The Hall–Kier alpha value is -4.00. The Balaban J connectivity index is 1.22. The molecule has 2 fully saturated rings. The third-order valence-corrected chi connectivity index (χ3v) is 8.26. The van der Waals surface area contributed by atoms with E-state index in [1.54, 1.807) is 12.1 Å². The minimum Gasteiger partial charge on any atom is -0.473 e. The summed E-state index contributed by atoms with van der Waals surface area (Å²) >= 11 is 6.02. The van der Waals surface area contributed by atoms with E-state index < -0.39 is 6.43 Å². The first-order chi connectivity index (χ1) is 21.3. The molecule has 0 saturated carbocycles. The number of fused-ring (bicyclic) bond motifs is 1. The van der Waals surface area contributed by atoms with Gasteiger partial charge in [-0.1, -0.05) is 17.7 Å². The lowest BCUT2D eigenvalue weighted by atomic mass is 10.1. The maximum atomic E-state index is 13.7. The van der Waals surface area contributed by atoms with Crippen molar-refractivity contribution in [1.29, 1.82) is 0 Å². The van der Waals surface area contributed by atoms with Crippen molar-refractivity contribution in [2.75, 3.05) is 62.0 Å². The molecule has 0 aliphatic carbocycles. The molecule has 0 radical (unpaired) electrons.